The lowest BCUT2D eigenvalue weighted by Crippen LogP contribution is -2.19. The van der Waals surface area contributed by atoms with Crippen LogP contribution in [0, 0.1) is 5.92 Å². The number of anilines is 1. The normalized spacial score (nSPS) is 11.9. The quantitative estimate of drug-likeness (QED) is 0.805. The maximum Gasteiger partial charge on any atom is 0.311 e. The number of rotatable bonds is 6. The van der Waals surface area contributed by atoms with Crippen molar-refractivity contribution in [1.29, 1.82) is 0 Å². The van der Waals surface area contributed by atoms with Gasteiger partial charge in [-0.1, -0.05) is 13.8 Å². The second kappa shape index (κ2) is 7.10. The molecule has 1 aromatic heterocycles. The molecule has 5 nitrogen and oxygen atoms in total. The first-order valence-electron chi connectivity index (χ1n) is 5.97. The highest BCUT2D eigenvalue weighted by Gasteiger charge is 2.13. The fourth-order valence-electron chi connectivity index (χ4n) is 1.22. The molecule has 0 aliphatic rings. The predicted octanol–water partition coefficient (Wildman–Crippen LogP) is 2.23. The van der Waals surface area contributed by atoms with Crippen molar-refractivity contribution in [3.63, 3.8) is 0 Å². The summed E-state index contributed by atoms with van der Waals surface area (Å²) in [5.74, 6) is -0.389. The Labute approximate surface area is 111 Å². The number of carbonyl (C=O) groups is 2. The van der Waals surface area contributed by atoms with Crippen LogP contribution in [-0.2, 0) is 20.7 Å². The average molecular weight is 270 g/mol. The average Bonchev–Trinajstić information content (AvgIpc) is 2.75. The molecular weight excluding hydrogens is 252 g/mol. The maximum atomic E-state index is 11.6. The van der Waals surface area contributed by atoms with E-state index in [9.17, 15) is 9.59 Å². The van der Waals surface area contributed by atoms with E-state index in [-0.39, 0.29) is 24.2 Å². The van der Waals surface area contributed by atoms with Crippen LogP contribution in [0.2, 0.25) is 0 Å². The molecule has 1 heterocycles. The highest BCUT2D eigenvalue weighted by molar-refractivity contribution is 7.13. The third-order valence-electron chi connectivity index (χ3n) is 2.47. The first kappa shape index (κ1) is 14.6. The number of thiazole rings is 1. The van der Waals surface area contributed by atoms with E-state index < -0.39 is 0 Å². The second-order valence-corrected chi connectivity index (χ2v) is 4.78. The molecular formula is C12H18N2O3S. The smallest absolute Gasteiger partial charge is 0.311 e. The van der Waals surface area contributed by atoms with Gasteiger partial charge in [-0.15, -0.1) is 11.3 Å². The molecule has 0 bridgehead atoms. The molecule has 0 spiro atoms. The van der Waals surface area contributed by atoms with Crippen molar-refractivity contribution in [2.24, 2.45) is 5.92 Å². The van der Waals surface area contributed by atoms with E-state index in [0.717, 1.165) is 6.42 Å². The molecule has 0 aliphatic heterocycles. The Balaban J connectivity index is 2.53. The Kier molecular flexibility index (Phi) is 5.77. The molecule has 0 radical (unpaired) electrons. The van der Waals surface area contributed by atoms with Crippen LogP contribution in [0.15, 0.2) is 5.38 Å². The van der Waals surface area contributed by atoms with E-state index >= 15 is 0 Å². The van der Waals surface area contributed by atoms with Gasteiger partial charge in [-0.2, -0.15) is 0 Å². The van der Waals surface area contributed by atoms with Crippen LogP contribution in [0.4, 0.5) is 5.13 Å². The Morgan fingerprint density at radius 1 is 1.50 bits per heavy atom. The third-order valence-corrected chi connectivity index (χ3v) is 3.28. The molecule has 18 heavy (non-hydrogen) atoms. The molecule has 1 atom stereocenters. The Bertz CT molecular complexity index is 417. The Hall–Kier alpha value is -1.43. The zero-order chi connectivity index (χ0) is 13.5. The minimum Gasteiger partial charge on any atom is -0.466 e. The van der Waals surface area contributed by atoms with Crippen molar-refractivity contribution in [1.82, 2.24) is 4.98 Å². The topological polar surface area (TPSA) is 68.3 Å². The zero-order valence-electron chi connectivity index (χ0n) is 10.9. The highest BCUT2D eigenvalue weighted by atomic mass is 32.1. The van der Waals surface area contributed by atoms with Gasteiger partial charge in [0, 0.05) is 11.3 Å². The van der Waals surface area contributed by atoms with Crippen molar-refractivity contribution >= 4 is 28.3 Å². The Morgan fingerprint density at radius 2 is 2.22 bits per heavy atom. The van der Waals surface area contributed by atoms with Crippen molar-refractivity contribution in [3.05, 3.63) is 11.1 Å². The van der Waals surface area contributed by atoms with Gasteiger partial charge in [0.15, 0.2) is 5.13 Å². The molecule has 0 fully saturated rings. The van der Waals surface area contributed by atoms with Crippen LogP contribution < -0.4 is 5.32 Å². The van der Waals surface area contributed by atoms with Gasteiger partial charge in [0.05, 0.1) is 18.7 Å². The molecule has 0 saturated heterocycles. The van der Waals surface area contributed by atoms with Crippen LogP contribution in [-0.4, -0.2) is 23.5 Å². The number of ether oxygens (including phenoxy) is 1. The molecule has 0 aliphatic carbocycles. The number of nitrogens with zero attached hydrogens (tertiary/aromatic N) is 1. The van der Waals surface area contributed by atoms with Crippen LogP contribution in [0.25, 0.3) is 0 Å². The summed E-state index contributed by atoms with van der Waals surface area (Å²) >= 11 is 1.32. The fourth-order valence-corrected chi connectivity index (χ4v) is 1.93. The summed E-state index contributed by atoms with van der Waals surface area (Å²) in [7, 11) is 0. The van der Waals surface area contributed by atoms with Crippen molar-refractivity contribution in [3.8, 4) is 0 Å². The number of carbonyl (C=O) groups excluding carboxylic acids is 2. The van der Waals surface area contributed by atoms with Gasteiger partial charge in [-0.3, -0.25) is 9.59 Å². The minimum absolute atomic E-state index is 0.0394. The molecule has 1 rings (SSSR count). The van der Waals surface area contributed by atoms with Gasteiger partial charge >= 0.3 is 5.97 Å². The summed E-state index contributed by atoms with van der Waals surface area (Å²) < 4.78 is 4.83. The monoisotopic (exact) mass is 270 g/mol. The third kappa shape index (κ3) is 4.44. The molecule has 0 saturated carbocycles. The van der Waals surface area contributed by atoms with E-state index in [2.05, 4.69) is 10.3 Å². The first-order valence-corrected chi connectivity index (χ1v) is 6.85. The van der Waals surface area contributed by atoms with Gasteiger partial charge in [-0.05, 0) is 13.3 Å². The second-order valence-electron chi connectivity index (χ2n) is 3.92. The van der Waals surface area contributed by atoms with Crippen molar-refractivity contribution in [2.45, 2.75) is 33.6 Å². The molecule has 1 amide bonds. The largest absolute Gasteiger partial charge is 0.466 e. The van der Waals surface area contributed by atoms with Gasteiger partial charge in [0.25, 0.3) is 0 Å². The molecule has 6 heteroatoms. The number of amides is 1. The molecule has 0 unspecified atom stereocenters. The summed E-state index contributed by atoms with van der Waals surface area (Å²) in [5.41, 5.74) is 0.623. The summed E-state index contributed by atoms with van der Waals surface area (Å²) in [4.78, 5) is 27.1. The lowest BCUT2D eigenvalue weighted by atomic mass is 10.1. The zero-order valence-corrected chi connectivity index (χ0v) is 11.7. The number of hydrogen-bond acceptors (Lipinski definition) is 5. The minimum atomic E-state index is -0.303. The summed E-state index contributed by atoms with van der Waals surface area (Å²) in [6.45, 7) is 5.94. The van der Waals surface area contributed by atoms with E-state index in [1.165, 1.54) is 11.3 Å². The van der Waals surface area contributed by atoms with Crippen LogP contribution >= 0.6 is 11.3 Å². The van der Waals surface area contributed by atoms with Crippen molar-refractivity contribution in [2.75, 3.05) is 11.9 Å². The van der Waals surface area contributed by atoms with Gasteiger partial charge in [-0.25, -0.2) is 4.98 Å². The van der Waals surface area contributed by atoms with E-state index in [0.29, 0.717) is 17.4 Å². The number of aromatic nitrogens is 1. The lowest BCUT2D eigenvalue weighted by Gasteiger charge is -2.06. The van der Waals surface area contributed by atoms with Gasteiger partial charge in [0.2, 0.25) is 5.91 Å². The SMILES string of the molecule is CCOC(=O)Cc1csc(NC(=O)[C@H](C)CC)n1. The molecule has 0 aromatic carbocycles. The number of esters is 1. The van der Waals surface area contributed by atoms with Crippen LogP contribution in [0.1, 0.15) is 32.9 Å². The first-order chi connectivity index (χ1) is 8.56. The Morgan fingerprint density at radius 3 is 2.83 bits per heavy atom. The molecule has 1 aromatic rings. The fraction of sp³-hybridized carbons (Fsp3) is 0.583. The molecule has 1 N–H and O–H groups in total. The standard InChI is InChI=1S/C12H18N2O3S/c1-4-8(3)11(16)14-12-13-9(7-18-12)6-10(15)17-5-2/h7-8H,4-6H2,1-3H3,(H,13,14,16)/t8-/m1/s1. The van der Waals surface area contributed by atoms with E-state index in [1.807, 2.05) is 13.8 Å². The van der Waals surface area contributed by atoms with Crippen LogP contribution in [0.5, 0.6) is 0 Å². The number of nitrogens with one attached hydrogen (secondary N) is 1. The predicted molar refractivity (Wildman–Crippen MR) is 70.5 cm³/mol. The maximum absolute atomic E-state index is 11.6. The highest BCUT2D eigenvalue weighted by Crippen LogP contribution is 2.17. The lowest BCUT2D eigenvalue weighted by molar-refractivity contribution is -0.142. The van der Waals surface area contributed by atoms with Gasteiger partial charge < -0.3 is 10.1 Å². The van der Waals surface area contributed by atoms with E-state index in [1.54, 1.807) is 12.3 Å². The van der Waals surface area contributed by atoms with Crippen LogP contribution in [0.3, 0.4) is 0 Å². The van der Waals surface area contributed by atoms with E-state index in [4.69, 9.17) is 4.74 Å². The summed E-state index contributed by atoms with van der Waals surface area (Å²) in [5, 5.41) is 5.02. The molecule has 100 valence electrons. The number of hydrogen-bond donors (Lipinski definition) is 1. The summed E-state index contributed by atoms with van der Waals surface area (Å²) in [6, 6.07) is 0. The van der Waals surface area contributed by atoms with Gasteiger partial charge in [0.1, 0.15) is 0 Å². The van der Waals surface area contributed by atoms with Crippen molar-refractivity contribution < 1.29 is 14.3 Å². The summed E-state index contributed by atoms with van der Waals surface area (Å²) in [6.07, 6.45) is 0.927.